The quantitative estimate of drug-likeness (QED) is 0.202. The molecule has 7 heteroatoms. The van der Waals surface area contributed by atoms with Crippen LogP contribution in [0.3, 0.4) is 0 Å². The van der Waals surface area contributed by atoms with E-state index in [1.807, 2.05) is 62.3 Å². The van der Waals surface area contributed by atoms with E-state index < -0.39 is 0 Å². The van der Waals surface area contributed by atoms with Crippen molar-refractivity contribution in [1.82, 2.24) is 9.88 Å². The standard InChI is InChI=1S/C32H32N2O5/c1-21-17-28-31(35)27-14-13-25(19-29(27)39-32(28)30(18-21)37-16-15-34(2)3)38-26-12-9-23(33-20-26)8-5-22-6-10-24(36-4)11-7-22/h6-7,9-14,17-20H,5,8,15-16H2,1-4H3. The molecule has 0 fully saturated rings. The molecule has 3 aromatic carbocycles. The first kappa shape index (κ1) is 26.3. The van der Waals surface area contributed by atoms with Gasteiger partial charge in [0.05, 0.1) is 24.1 Å². The highest BCUT2D eigenvalue weighted by Crippen LogP contribution is 2.31. The summed E-state index contributed by atoms with van der Waals surface area (Å²) in [6.45, 7) is 3.18. The molecule has 7 nitrogen and oxygen atoms in total. The van der Waals surface area contributed by atoms with Gasteiger partial charge in [-0.05, 0) is 93.5 Å². The molecule has 200 valence electrons. The maximum atomic E-state index is 13.3. The number of hydrogen-bond donors (Lipinski definition) is 0. The molecule has 0 aliphatic carbocycles. The fraction of sp³-hybridized carbons (Fsp3) is 0.250. The molecule has 0 unspecified atom stereocenters. The Kier molecular flexibility index (Phi) is 7.79. The molecule has 0 atom stereocenters. The normalized spacial score (nSPS) is 11.3. The van der Waals surface area contributed by atoms with Crippen molar-refractivity contribution in [2.24, 2.45) is 0 Å². The van der Waals surface area contributed by atoms with Gasteiger partial charge in [0.25, 0.3) is 0 Å². The second-order valence-electron chi connectivity index (χ2n) is 9.82. The molecular weight excluding hydrogens is 492 g/mol. The lowest BCUT2D eigenvalue weighted by Crippen LogP contribution is -2.19. The zero-order valence-corrected chi connectivity index (χ0v) is 22.7. The van der Waals surface area contributed by atoms with Crippen molar-refractivity contribution in [3.8, 4) is 23.0 Å². The first-order chi connectivity index (χ1) is 18.9. The molecule has 0 radical (unpaired) electrons. The molecule has 0 bridgehead atoms. The summed E-state index contributed by atoms with van der Waals surface area (Å²) in [5.74, 6) is 2.57. The van der Waals surface area contributed by atoms with Crippen LogP contribution in [-0.4, -0.2) is 44.2 Å². The van der Waals surface area contributed by atoms with E-state index in [1.165, 1.54) is 5.56 Å². The van der Waals surface area contributed by atoms with E-state index in [2.05, 4.69) is 17.1 Å². The highest BCUT2D eigenvalue weighted by atomic mass is 16.5. The lowest BCUT2D eigenvalue weighted by molar-refractivity contribution is 0.261. The number of rotatable bonds is 10. The summed E-state index contributed by atoms with van der Waals surface area (Å²) in [5, 5.41) is 0.997. The second-order valence-corrected chi connectivity index (χ2v) is 9.82. The number of hydrogen-bond acceptors (Lipinski definition) is 7. The minimum absolute atomic E-state index is 0.0955. The van der Waals surface area contributed by atoms with Crippen LogP contribution in [0.2, 0.25) is 0 Å². The number of ether oxygens (including phenoxy) is 3. The van der Waals surface area contributed by atoms with Crippen LogP contribution in [-0.2, 0) is 12.8 Å². The highest BCUT2D eigenvalue weighted by Gasteiger charge is 2.14. The van der Waals surface area contributed by atoms with E-state index in [-0.39, 0.29) is 5.43 Å². The Balaban J connectivity index is 1.34. The Morgan fingerprint density at radius 2 is 1.64 bits per heavy atom. The molecule has 2 heterocycles. The molecule has 0 N–H and O–H groups in total. The Morgan fingerprint density at radius 1 is 0.872 bits per heavy atom. The van der Waals surface area contributed by atoms with Gasteiger partial charge in [0.15, 0.2) is 11.3 Å². The van der Waals surface area contributed by atoms with E-state index in [9.17, 15) is 4.79 Å². The number of methoxy groups -OCH3 is 1. The predicted molar refractivity (Wildman–Crippen MR) is 153 cm³/mol. The van der Waals surface area contributed by atoms with Crippen LogP contribution in [0, 0.1) is 6.92 Å². The molecule has 5 aromatic rings. The van der Waals surface area contributed by atoms with Crippen LogP contribution in [0.4, 0.5) is 0 Å². The summed E-state index contributed by atoms with van der Waals surface area (Å²) in [7, 11) is 5.63. The molecule has 0 amide bonds. The van der Waals surface area contributed by atoms with Crippen LogP contribution in [0.15, 0.2) is 82.1 Å². The van der Waals surface area contributed by atoms with Crippen molar-refractivity contribution >= 4 is 21.9 Å². The monoisotopic (exact) mass is 524 g/mol. The fourth-order valence-corrected chi connectivity index (χ4v) is 4.37. The summed E-state index contributed by atoms with van der Waals surface area (Å²) < 4.78 is 23.5. The zero-order valence-electron chi connectivity index (χ0n) is 22.7. The maximum absolute atomic E-state index is 13.3. The zero-order chi connectivity index (χ0) is 27.4. The number of aromatic nitrogens is 1. The van der Waals surface area contributed by atoms with Crippen molar-refractivity contribution in [1.29, 1.82) is 0 Å². The van der Waals surface area contributed by atoms with Crippen LogP contribution in [0.1, 0.15) is 16.8 Å². The van der Waals surface area contributed by atoms with E-state index >= 15 is 0 Å². The minimum atomic E-state index is -0.0955. The Labute approximate surface area is 227 Å². The van der Waals surface area contributed by atoms with Crippen LogP contribution < -0.4 is 19.6 Å². The third-order valence-corrected chi connectivity index (χ3v) is 6.51. The largest absolute Gasteiger partial charge is 0.497 e. The van der Waals surface area contributed by atoms with Gasteiger partial charge in [0.2, 0.25) is 5.43 Å². The fourth-order valence-electron chi connectivity index (χ4n) is 4.37. The van der Waals surface area contributed by atoms with Crippen molar-refractivity contribution in [2.45, 2.75) is 19.8 Å². The van der Waals surface area contributed by atoms with Gasteiger partial charge in [-0.2, -0.15) is 0 Å². The average Bonchev–Trinajstić information content (AvgIpc) is 2.93. The molecular formula is C32H32N2O5. The number of nitrogens with zero attached hydrogens (tertiary/aromatic N) is 2. The number of fused-ring (bicyclic) bond motifs is 2. The summed E-state index contributed by atoms with van der Waals surface area (Å²) in [6.07, 6.45) is 3.41. The predicted octanol–water partition coefficient (Wildman–Crippen LogP) is 6.18. The SMILES string of the molecule is COc1ccc(CCc2ccc(Oc3ccc4c(=O)c5cc(C)cc(OCCN(C)C)c5oc4c3)cn2)cc1. The molecule has 0 saturated heterocycles. The van der Waals surface area contributed by atoms with Crippen molar-refractivity contribution in [2.75, 3.05) is 34.4 Å². The van der Waals surface area contributed by atoms with Crippen LogP contribution in [0.5, 0.6) is 23.0 Å². The van der Waals surface area contributed by atoms with Crippen molar-refractivity contribution in [3.63, 3.8) is 0 Å². The number of benzene rings is 3. The minimum Gasteiger partial charge on any atom is -0.497 e. The molecule has 2 aromatic heterocycles. The molecule has 0 saturated carbocycles. The summed E-state index contributed by atoms with van der Waals surface area (Å²) in [5.41, 5.74) is 3.93. The Morgan fingerprint density at radius 3 is 2.36 bits per heavy atom. The summed E-state index contributed by atoms with van der Waals surface area (Å²) in [4.78, 5) is 19.9. The molecule has 5 rings (SSSR count). The van der Waals surface area contributed by atoms with Crippen LogP contribution >= 0.6 is 0 Å². The Hall–Kier alpha value is -4.36. The molecule has 0 aliphatic rings. The average molecular weight is 525 g/mol. The Bertz CT molecular complexity index is 1640. The van der Waals surface area contributed by atoms with Gasteiger partial charge in [-0.1, -0.05) is 12.1 Å². The number of aryl methyl sites for hydroxylation is 3. The van der Waals surface area contributed by atoms with Gasteiger partial charge < -0.3 is 23.5 Å². The van der Waals surface area contributed by atoms with E-state index in [1.54, 1.807) is 31.5 Å². The van der Waals surface area contributed by atoms with Gasteiger partial charge in [-0.25, -0.2) is 0 Å². The van der Waals surface area contributed by atoms with Gasteiger partial charge in [0, 0.05) is 18.3 Å². The maximum Gasteiger partial charge on any atom is 0.200 e. The van der Waals surface area contributed by atoms with E-state index in [4.69, 9.17) is 18.6 Å². The van der Waals surface area contributed by atoms with Gasteiger partial charge in [-0.3, -0.25) is 9.78 Å². The lowest BCUT2D eigenvalue weighted by atomic mass is 10.1. The number of pyridine rings is 1. The summed E-state index contributed by atoms with van der Waals surface area (Å²) >= 11 is 0. The third-order valence-electron chi connectivity index (χ3n) is 6.51. The van der Waals surface area contributed by atoms with Gasteiger partial charge in [-0.15, -0.1) is 0 Å². The van der Waals surface area contributed by atoms with Gasteiger partial charge in [0.1, 0.15) is 29.4 Å². The molecule has 39 heavy (non-hydrogen) atoms. The smallest absolute Gasteiger partial charge is 0.200 e. The molecule has 0 aliphatic heterocycles. The molecule has 0 spiro atoms. The van der Waals surface area contributed by atoms with Crippen molar-refractivity contribution < 1.29 is 18.6 Å². The second kappa shape index (κ2) is 11.6. The first-order valence-electron chi connectivity index (χ1n) is 12.9. The lowest BCUT2D eigenvalue weighted by Gasteiger charge is -2.13. The van der Waals surface area contributed by atoms with E-state index in [0.29, 0.717) is 45.8 Å². The van der Waals surface area contributed by atoms with E-state index in [0.717, 1.165) is 36.4 Å². The first-order valence-corrected chi connectivity index (χ1v) is 12.9. The van der Waals surface area contributed by atoms with Crippen molar-refractivity contribution in [3.05, 3.63) is 100.0 Å². The third kappa shape index (κ3) is 6.21. The number of likely N-dealkylation sites (N-methyl/N-ethyl adjacent to an activating group) is 1. The highest BCUT2D eigenvalue weighted by molar-refractivity contribution is 5.93. The topological polar surface area (TPSA) is 74.0 Å². The van der Waals surface area contributed by atoms with Gasteiger partial charge >= 0.3 is 0 Å². The summed E-state index contributed by atoms with van der Waals surface area (Å²) in [6, 6.07) is 20.9. The van der Waals surface area contributed by atoms with Crippen LogP contribution in [0.25, 0.3) is 21.9 Å².